The van der Waals surface area contributed by atoms with Crippen molar-refractivity contribution >= 4 is 15.8 Å². The van der Waals surface area contributed by atoms with Crippen molar-refractivity contribution in [3.63, 3.8) is 0 Å². The van der Waals surface area contributed by atoms with Gasteiger partial charge in [-0.05, 0) is 38.8 Å². The van der Waals surface area contributed by atoms with Crippen LogP contribution >= 0.6 is 0 Å². The molecule has 10 heteroatoms. The lowest BCUT2D eigenvalue weighted by Crippen LogP contribution is -2.42. The van der Waals surface area contributed by atoms with Crippen LogP contribution in [0.15, 0.2) is 29.2 Å². The molecule has 6 nitrogen and oxygen atoms in total. The van der Waals surface area contributed by atoms with Gasteiger partial charge in [0, 0.05) is 31.6 Å². The van der Waals surface area contributed by atoms with E-state index in [2.05, 4.69) is 5.10 Å². The van der Waals surface area contributed by atoms with Crippen LogP contribution in [0.4, 0.5) is 13.2 Å². The fourth-order valence-corrected chi connectivity index (χ4v) is 5.61. The van der Waals surface area contributed by atoms with Crippen molar-refractivity contribution in [1.82, 2.24) is 14.1 Å². The number of benzene rings is 1. The largest absolute Gasteiger partial charge is 0.416 e. The summed E-state index contributed by atoms with van der Waals surface area (Å²) in [6, 6.07) is 4.03. The van der Waals surface area contributed by atoms with Crippen LogP contribution in [-0.2, 0) is 23.2 Å². The normalized spacial score (nSPS) is 18.8. The lowest BCUT2D eigenvalue weighted by Gasteiger charge is -2.31. The van der Waals surface area contributed by atoms with Crippen LogP contribution in [0.1, 0.15) is 40.2 Å². The van der Waals surface area contributed by atoms with Gasteiger partial charge in [0.15, 0.2) is 5.78 Å². The fourth-order valence-electron chi connectivity index (χ4n) is 3.69. The Balaban J connectivity index is 1.82. The highest BCUT2D eigenvalue weighted by atomic mass is 32.2. The summed E-state index contributed by atoms with van der Waals surface area (Å²) < 4.78 is 67.2. The van der Waals surface area contributed by atoms with E-state index in [1.807, 2.05) is 0 Å². The summed E-state index contributed by atoms with van der Waals surface area (Å²) in [5, 5.41) is 4.15. The van der Waals surface area contributed by atoms with Gasteiger partial charge >= 0.3 is 6.18 Å². The summed E-state index contributed by atoms with van der Waals surface area (Å²) in [4.78, 5) is 12.9. The summed E-state index contributed by atoms with van der Waals surface area (Å²) in [6.07, 6.45) is -3.50. The van der Waals surface area contributed by atoms with E-state index in [-0.39, 0.29) is 29.3 Å². The molecule has 3 rings (SSSR count). The second kappa shape index (κ2) is 7.56. The molecular formula is C19H22F3N3O3S. The number of carbonyl (C=O) groups excluding carboxylic acids is 1. The van der Waals surface area contributed by atoms with Crippen molar-refractivity contribution in [1.29, 1.82) is 0 Å². The average molecular weight is 429 g/mol. The predicted molar refractivity (Wildman–Crippen MR) is 99.9 cm³/mol. The first-order chi connectivity index (χ1) is 13.4. The van der Waals surface area contributed by atoms with Crippen LogP contribution in [0.25, 0.3) is 0 Å². The molecule has 1 aliphatic heterocycles. The van der Waals surface area contributed by atoms with Crippen molar-refractivity contribution in [3.8, 4) is 0 Å². The number of alkyl halides is 3. The SMILES string of the molecule is Cc1nn(C)c(C)c1S(=O)(=O)N1CCC[C@@H](C(=O)c2ccc(C(F)(F)F)cc2)C1. The van der Waals surface area contributed by atoms with E-state index in [0.717, 1.165) is 24.3 Å². The van der Waals surface area contributed by atoms with E-state index < -0.39 is 27.7 Å². The first-order valence-electron chi connectivity index (χ1n) is 9.14. The van der Waals surface area contributed by atoms with E-state index in [1.165, 1.54) is 8.99 Å². The summed E-state index contributed by atoms with van der Waals surface area (Å²) in [5.41, 5.74) is 0.222. The van der Waals surface area contributed by atoms with Crippen LogP contribution < -0.4 is 0 Å². The minimum atomic E-state index is -4.48. The first kappa shape index (κ1) is 21.5. The van der Waals surface area contributed by atoms with Crippen LogP contribution in [0.2, 0.25) is 0 Å². The van der Waals surface area contributed by atoms with Gasteiger partial charge in [0.05, 0.1) is 17.0 Å². The molecular weight excluding hydrogens is 407 g/mol. The van der Waals surface area contributed by atoms with Gasteiger partial charge in [0.1, 0.15) is 4.90 Å². The van der Waals surface area contributed by atoms with Crippen molar-refractivity contribution in [2.75, 3.05) is 13.1 Å². The Bertz CT molecular complexity index is 1030. The number of rotatable bonds is 4. The van der Waals surface area contributed by atoms with Gasteiger partial charge in [0.2, 0.25) is 10.0 Å². The quantitative estimate of drug-likeness (QED) is 0.699. The molecule has 1 aromatic heterocycles. The van der Waals surface area contributed by atoms with E-state index in [4.69, 9.17) is 0 Å². The second-order valence-electron chi connectivity index (χ2n) is 7.27. The Kier molecular flexibility index (Phi) is 5.61. The molecule has 0 saturated carbocycles. The number of aromatic nitrogens is 2. The average Bonchev–Trinajstić information content (AvgIpc) is 2.93. The Morgan fingerprint density at radius 3 is 2.31 bits per heavy atom. The zero-order valence-electron chi connectivity index (χ0n) is 16.3. The monoisotopic (exact) mass is 429 g/mol. The van der Waals surface area contributed by atoms with Crippen LogP contribution in [0, 0.1) is 19.8 Å². The molecule has 1 aromatic carbocycles. The maximum atomic E-state index is 13.1. The molecule has 0 amide bonds. The minimum Gasteiger partial charge on any atom is -0.294 e. The molecule has 0 N–H and O–H groups in total. The van der Waals surface area contributed by atoms with Crippen molar-refractivity contribution in [3.05, 3.63) is 46.8 Å². The molecule has 0 bridgehead atoms. The number of hydrogen-bond donors (Lipinski definition) is 0. The highest BCUT2D eigenvalue weighted by Crippen LogP contribution is 2.31. The number of carbonyl (C=O) groups is 1. The summed E-state index contributed by atoms with van der Waals surface area (Å²) in [6.45, 7) is 3.57. The van der Waals surface area contributed by atoms with Crippen molar-refractivity contribution in [2.45, 2.75) is 37.8 Å². The third-order valence-electron chi connectivity index (χ3n) is 5.29. The van der Waals surface area contributed by atoms with Gasteiger partial charge in [0.25, 0.3) is 0 Å². The van der Waals surface area contributed by atoms with Crippen LogP contribution in [0.5, 0.6) is 0 Å². The summed E-state index contributed by atoms with van der Waals surface area (Å²) in [7, 11) is -2.17. The fraction of sp³-hybridized carbons (Fsp3) is 0.474. The Morgan fingerprint density at radius 1 is 1.17 bits per heavy atom. The lowest BCUT2D eigenvalue weighted by atomic mass is 9.90. The molecule has 0 radical (unpaired) electrons. The molecule has 1 atom stereocenters. The van der Waals surface area contributed by atoms with Gasteiger partial charge in [-0.15, -0.1) is 0 Å². The minimum absolute atomic E-state index is 0.00400. The summed E-state index contributed by atoms with van der Waals surface area (Å²) in [5.74, 6) is -0.953. The van der Waals surface area contributed by atoms with Crippen molar-refractivity contribution in [2.24, 2.45) is 13.0 Å². The Morgan fingerprint density at radius 2 is 1.79 bits per heavy atom. The Labute approximate surface area is 167 Å². The van der Waals surface area contributed by atoms with Crippen LogP contribution in [-0.4, -0.2) is 41.4 Å². The number of piperidine rings is 1. The van der Waals surface area contributed by atoms with E-state index in [9.17, 15) is 26.4 Å². The second-order valence-corrected chi connectivity index (χ2v) is 9.14. The maximum absolute atomic E-state index is 13.1. The lowest BCUT2D eigenvalue weighted by molar-refractivity contribution is -0.137. The number of halogens is 3. The zero-order chi connectivity index (χ0) is 21.6. The predicted octanol–water partition coefficient (Wildman–Crippen LogP) is 3.34. The molecule has 1 saturated heterocycles. The number of ketones is 1. The zero-order valence-corrected chi connectivity index (χ0v) is 17.1. The highest BCUT2D eigenvalue weighted by molar-refractivity contribution is 7.89. The highest BCUT2D eigenvalue weighted by Gasteiger charge is 2.37. The number of sulfonamides is 1. The molecule has 158 valence electrons. The third-order valence-corrected chi connectivity index (χ3v) is 7.41. The Hall–Kier alpha value is -2.20. The smallest absolute Gasteiger partial charge is 0.294 e. The maximum Gasteiger partial charge on any atom is 0.416 e. The van der Waals surface area contributed by atoms with E-state index in [1.54, 1.807) is 20.9 Å². The number of aryl methyl sites for hydroxylation is 2. The number of nitrogens with zero attached hydrogens (tertiary/aromatic N) is 3. The number of hydrogen-bond acceptors (Lipinski definition) is 4. The van der Waals surface area contributed by atoms with Crippen molar-refractivity contribution < 1.29 is 26.4 Å². The number of Topliss-reactive ketones (excluding diaryl/α,β-unsaturated/α-hetero) is 1. The van der Waals surface area contributed by atoms with Gasteiger partial charge in [-0.2, -0.15) is 22.6 Å². The van der Waals surface area contributed by atoms with Crippen LogP contribution in [0.3, 0.4) is 0 Å². The van der Waals surface area contributed by atoms with Gasteiger partial charge in [-0.3, -0.25) is 9.48 Å². The van der Waals surface area contributed by atoms with Gasteiger partial charge < -0.3 is 0 Å². The molecule has 0 unspecified atom stereocenters. The molecule has 2 heterocycles. The van der Waals surface area contributed by atoms with E-state index >= 15 is 0 Å². The molecule has 1 fully saturated rings. The summed E-state index contributed by atoms with van der Waals surface area (Å²) >= 11 is 0. The molecule has 0 aliphatic carbocycles. The molecule has 29 heavy (non-hydrogen) atoms. The third kappa shape index (κ3) is 4.09. The van der Waals surface area contributed by atoms with E-state index in [0.29, 0.717) is 24.2 Å². The molecule has 1 aliphatic rings. The molecule has 2 aromatic rings. The molecule has 0 spiro atoms. The topological polar surface area (TPSA) is 72.3 Å². The first-order valence-corrected chi connectivity index (χ1v) is 10.6. The van der Waals surface area contributed by atoms with Gasteiger partial charge in [-0.25, -0.2) is 8.42 Å². The van der Waals surface area contributed by atoms with Gasteiger partial charge in [-0.1, -0.05) is 12.1 Å². The standard InChI is InChI=1S/C19H22F3N3O3S/c1-12-18(13(2)24(3)23-12)29(27,28)25-10-4-5-15(11-25)17(26)14-6-8-16(9-7-14)19(20,21)22/h6-9,15H,4-5,10-11H2,1-3H3/t15-/m1/s1.